The van der Waals surface area contributed by atoms with E-state index < -0.39 is 15.3 Å². The lowest BCUT2D eigenvalue weighted by Crippen LogP contribution is -2.42. The van der Waals surface area contributed by atoms with Gasteiger partial charge in [-0.25, -0.2) is 8.42 Å². The number of anilines is 2. The molecule has 0 saturated carbocycles. The van der Waals surface area contributed by atoms with Crippen molar-refractivity contribution in [2.75, 3.05) is 19.0 Å². The van der Waals surface area contributed by atoms with E-state index in [2.05, 4.69) is 15.3 Å². The molecule has 9 heteroatoms. The molecule has 2 N–H and O–H groups in total. The van der Waals surface area contributed by atoms with Crippen LogP contribution >= 0.6 is 0 Å². The van der Waals surface area contributed by atoms with Gasteiger partial charge in [-0.3, -0.25) is 9.78 Å². The average molecular weight is 441 g/mol. The van der Waals surface area contributed by atoms with Crippen LogP contribution < -0.4 is 10.1 Å². The maximum atomic E-state index is 13.2. The molecule has 3 aromatic rings. The lowest BCUT2D eigenvalue weighted by molar-refractivity contribution is 0.0950. The zero-order chi connectivity index (χ0) is 22.2. The number of Topliss-reactive ketones (excluding diaryl/α,β-unsaturated/α-hetero) is 1. The summed E-state index contributed by atoms with van der Waals surface area (Å²) in [5, 5.41) is 2.73. The minimum absolute atomic E-state index is 0.0957. The van der Waals surface area contributed by atoms with Crippen LogP contribution in [0.5, 0.6) is 5.75 Å². The van der Waals surface area contributed by atoms with Gasteiger partial charge in [-0.2, -0.15) is 4.31 Å². The normalized spacial score (nSPS) is 14.5. The Hall–Kier alpha value is -3.17. The number of rotatable bonds is 6. The van der Waals surface area contributed by atoms with Gasteiger partial charge < -0.3 is 15.0 Å². The Balaban J connectivity index is 1.88. The van der Waals surface area contributed by atoms with E-state index in [9.17, 15) is 13.2 Å². The van der Waals surface area contributed by atoms with E-state index in [1.165, 1.54) is 4.31 Å². The van der Waals surface area contributed by atoms with Crippen LogP contribution in [-0.2, 0) is 16.6 Å². The largest absolute Gasteiger partial charge is 0.494 e. The minimum Gasteiger partial charge on any atom is -0.494 e. The Morgan fingerprint density at radius 3 is 2.58 bits per heavy atom. The van der Waals surface area contributed by atoms with Crippen LogP contribution in [0, 0.1) is 0 Å². The summed E-state index contributed by atoms with van der Waals surface area (Å²) in [6.07, 6.45) is 3.24. The van der Waals surface area contributed by atoms with Crippen molar-refractivity contribution in [2.45, 2.75) is 25.6 Å². The van der Waals surface area contributed by atoms with E-state index in [1.807, 2.05) is 30.3 Å². The van der Waals surface area contributed by atoms with Crippen molar-refractivity contribution < 1.29 is 17.9 Å². The highest BCUT2D eigenvalue weighted by molar-refractivity contribution is 7.89. The van der Waals surface area contributed by atoms with E-state index in [4.69, 9.17) is 4.74 Å². The molecule has 0 atom stereocenters. The van der Waals surface area contributed by atoms with E-state index in [-0.39, 0.29) is 18.9 Å². The fourth-order valence-corrected chi connectivity index (χ4v) is 4.87. The van der Waals surface area contributed by atoms with Crippen molar-refractivity contribution >= 4 is 27.2 Å². The molecule has 0 bridgehead atoms. The number of aromatic amines is 1. The molecule has 3 heterocycles. The van der Waals surface area contributed by atoms with Crippen LogP contribution in [-0.4, -0.2) is 47.4 Å². The molecule has 1 aliphatic heterocycles. The molecule has 8 nitrogen and oxygen atoms in total. The second-order valence-corrected chi connectivity index (χ2v) is 10.1. The summed E-state index contributed by atoms with van der Waals surface area (Å²) < 4.78 is 32.1. The molecular formula is C22H24N4O4S. The average Bonchev–Trinajstić information content (AvgIpc) is 3.12. The third kappa shape index (κ3) is 3.82. The third-order valence-electron chi connectivity index (χ3n) is 5.28. The second-order valence-electron chi connectivity index (χ2n) is 7.58. The number of benzene rings is 1. The number of nitrogens with zero attached hydrogens (tertiary/aromatic N) is 2. The first-order valence-corrected chi connectivity index (χ1v) is 11.4. The highest BCUT2D eigenvalue weighted by atomic mass is 32.2. The van der Waals surface area contributed by atoms with Crippen molar-refractivity contribution in [2.24, 2.45) is 0 Å². The smallest absolute Gasteiger partial charge is 0.217 e. The monoisotopic (exact) mass is 440 g/mol. The Bertz CT molecular complexity index is 1220. The van der Waals surface area contributed by atoms with Crippen LogP contribution in [0.3, 0.4) is 0 Å². The Labute approximate surface area is 181 Å². The van der Waals surface area contributed by atoms with E-state index in [0.29, 0.717) is 28.4 Å². The van der Waals surface area contributed by atoms with Gasteiger partial charge in [-0.05, 0) is 32.0 Å². The maximum absolute atomic E-state index is 13.2. The predicted molar refractivity (Wildman–Crippen MR) is 119 cm³/mol. The van der Waals surface area contributed by atoms with Gasteiger partial charge in [-0.1, -0.05) is 18.2 Å². The van der Waals surface area contributed by atoms with E-state index >= 15 is 0 Å². The van der Waals surface area contributed by atoms with Crippen LogP contribution in [0.2, 0.25) is 0 Å². The molecule has 0 aliphatic carbocycles. The Morgan fingerprint density at radius 2 is 1.90 bits per heavy atom. The highest BCUT2D eigenvalue weighted by Crippen LogP contribution is 2.41. The molecule has 0 unspecified atom stereocenters. The summed E-state index contributed by atoms with van der Waals surface area (Å²) in [5.41, 5.74) is 3.78. The molecule has 31 heavy (non-hydrogen) atoms. The number of pyridine rings is 1. The summed E-state index contributed by atoms with van der Waals surface area (Å²) in [6.45, 7) is 3.12. The molecule has 1 aliphatic rings. The summed E-state index contributed by atoms with van der Waals surface area (Å²) in [6, 6.07) is 11.3. The van der Waals surface area contributed by atoms with E-state index in [1.54, 1.807) is 39.4 Å². The number of hydrogen-bond donors (Lipinski definition) is 2. The van der Waals surface area contributed by atoms with Crippen LogP contribution in [0.1, 0.15) is 29.9 Å². The summed E-state index contributed by atoms with van der Waals surface area (Å²) in [7, 11) is -2.03. The quantitative estimate of drug-likeness (QED) is 0.607. The zero-order valence-electron chi connectivity index (χ0n) is 17.5. The number of methoxy groups -OCH3 is 1. The van der Waals surface area contributed by atoms with Crippen molar-refractivity contribution in [3.05, 3.63) is 60.0 Å². The second kappa shape index (κ2) is 8.16. The molecule has 162 valence electrons. The Morgan fingerprint density at radius 1 is 1.16 bits per heavy atom. The van der Waals surface area contributed by atoms with Crippen molar-refractivity contribution in [1.29, 1.82) is 0 Å². The standard InChI is InChI=1S/C22H24N4O4S/c1-14(2)31(28,29)26-12-17-20(18(27)13-26)22(24-15-7-5-4-6-8-15)21(25-17)16-9-10-23-11-19(16)30-3/h4-11,14,24-25H,12-13H2,1-3H3. The molecule has 0 radical (unpaired) electrons. The van der Waals surface area contributed by atoms with Crippen LogP contribution in [0.25, 0.3) is 11.3 Å². The first-order valence-electron chi connectivity index (χ1n) is 9.90. The fraction of sp³-hybridized carbons (Fsp3) is 0.273. The highest BCUT2D eigenvalue weighted by Gasteiger charge is 2.37. The van der Waals surface area contributed by atoms with E-state index in [0.717, 1.165) is 11.3 Å². The number of hydrogen-bond acceptors (Lipinski definition) is 6. The Kier molecular flexibility index (Phi) is 5.55. The summed E-state index contributed by atoms with van der Waals surface area (Å²) in [4.78, 5) is 20.6. The molecule has 0 saturated heterocycles. The van der Waals surface area contributed by atoms with Gasteiger partial charge in [0.25, 0.3) is 0 Å². The molecule has 0 amide bonds. The maximum Gasteiger partial charge on any atom is 0.217 e. The van der Waals surface area contributed by atoms with Gasteiger partial charge in [-0.15, -0.1) is 0 Å². The van der Waals surface area contributed by atoms with Crippen molar-refractivity contribution in [3.63, 3.8) is 0 Å². The first kappa shape index (κ1) is 21.1. The number of sulfonamides is 1. The number of para-hydroxylation sites is 1. The predicted octanol–water partition coefficient (Wildman–Crippen LogP) is 3.57. The number of carbonyl (C=O) groups excluding carboxylic acids is 1. The van der Waals surface area contributed by atoms with Gasteiger partial charge in [0.15, 0.2) is 5.78 Å². The van der Waals surface area contributed by atoms with Gasteiger partial charge in [0.05, 0.1) is 48.6 Å². The first-order chi connectivity index (χ1) is 14.8. The zero-order valence-corrected chi connectivity index (χ0v) is 18.4. The van der Waals surface area contributed by atoms with Gasteiger partial charge in [0.2, 0.25) is 10.0 Å². The third-order valence-corrected chi connectivity index (χ3v) is 7.45. The summed E-state index contributed by atoms with van der Waals surface area (Å²) >= 11 is 0. The molecule has 1 aromatic carbocycles. The molecule has 0 spiro atoms. The number of nitrogens with one attached hydrogen (secondary N) is 2. The number of ether oxygens (including phenoxy) is 1. The van der Waals surface area contributed by atoms with Gasteiger partial charge in [0, 0.05) is 23.1 Å². The summed E-state index contributed by atoms with van der Waals surface area (Å²) in [5.74, 6) is 0.274. The minimum atomic E-state index is -3.58. The van der Waals surface area contributed by atoms with Crippen molar-refractivity contribution in [1.82, 2.24) is 14.3 Å². The SMILES string of the molecule is COc1cnccc1-c1[nH]c2c(c1Nc1ccccc1)C(=O)CN(S(=O)(=O)C(C)C)C2. The van der Waals surface area contributed by atoms with Crippen LogP contribution in [0.15, 0.2) is 48.8 Å². The molecule has 0 fully saturated rings. The fourth-order valence-electron chi connectivity index (χ4n) is 3.67. The number of H-pyrrole nitrogens is 1. The van der Waals surface area contributed by atoms with Crippen molar-refractivity contribution in [3.8, 4) is 17.0 Å². The lowest BCUT2D eigenvalue weighted by atomic mass is 10.0. The van der Waals surface area contributed by atoms with Gasteiger partial charge in [0.1, 0.15) is 5.75 Å². The number of fused-ring (bicyclic) bond motifs is 1. The molecule has 2 aromatic heterocycles. The molecular weight excluding hydrogens is 416 g/mol. The topological polar surface area (TPSA) is 104 Å². The molecule has 4 rings (SSSR count). The number of aromatic nitrogens is 2. The lowest BCUT2D eigenvalue weighted by Gasteiger charge is -2.27. The van der Waals surface area contributed by atoms with Crippen LogP contribution in [0.4, 0.5) is 11.4 Å². The number of carbonyl (C=O) groups is 1. The number of ketones is 1. The van der Waals surface area contributed by atoms with Gasteiger partial charge >= 0.3 is 0 Å².